The summed E-state index contributed by atoms with van der Waals surface area (Å²) in [6.07, 6.45) is 5.40. The van der Waals surface area contributed by atoms with Gasteiger partial charge in [-0.2, -0.15) is 0 Å². The largest absolute Gasteiger partial charge is 0.380 e. The third-order valence-electron chi connectivity index (χ3n) is 5.26. The molecule has 168 valence electrons. The molecule has 2 aromatic carbocycles. The van der Waals surface area contributed by atoms with Crippen LogP contribution in [0, 0.1) is 0 Å². The lowest BCUT2D eigenvalue weighted by atomic mass is 10.1. The van der Waals surface area contributed by atoms with Gasteiger partial charge in [-0.1, -0.05) is 36.7 Å². The van der Waals surface area contributed by atoms with E-state index in [0.717, 1.165) is 38.5 Å². The number of nitrogens with one attached hydrogen (secondary N) is 2. The molecule has 0 fully saturated rings. The monoisotopic (exact) mass is 488 g/mol. The highest BCUT2D eigenvalue weighted by molar-refractivity contribution is 7.89. The zero-order valence-electron chi connectivity index (χ0n) is 17.9. The van der Waals surface area contributed by atoms with Crippen molar-refractivity contribution in [2.45, 2.75) is 31.2 Å². The number of aromatic nitrogens is 2. The van der Waals surface area contributed by atoms with Crippen molar-refractivity contribution in [2.24, 2.45) is 7.05 Å². The summed E-state index contributed by atoms with van der Waals surface area (Å²) in [5.74, 6) is 0. The van der Waals surface area contributed by atoms with E-state index >= 15 is 0 Å². The summed E-state index contributed by atoms with van der Waals surface area (Å²) in [6, 6.07) is 13.0. The molecule has 0 aliphatic heterocycles. The van der Waals surface area contributed by atoms with Crippen molar-refractivity contribution in [3.63, 3.8) is 0 Å². The number of rotatable bonds is 9. The molecule has 0 atom stereocenters. The maximum atomic E-state index is 12.8. The van der Waals surface area contributed by atoms with Crippen LogP contribution in [0.25, 0.3) is 10.9 Å². The minimum absolute atomic E-state index is 0.0775. The molecule has 32 heavy (non-hydrogen) atoms. The van der Waals surface area contributed by atoms with Crippen LogP contribution in [0.4, 0.5) is 5.69 Å². The second-order valence-corrected chi connectivity index (χ2v) is 10.8. The normalized spacial score (nSPS) is 11.8. The van der Waals surface area contributed by atoms with E-state index in [1.54, 1.807) is 23.5 Å². The number of hydrogen-bond donors (Lipinski definition) is 2. The van der Waals surface area contributed by atoms with Gasteiger partial charge >= 0.3 is 0 Å². The van der Waals surface area contributed by atoms with Crippen LogP contribution in [0.1, 0.15) is 22.4 Å². The molecular weight excluding hydrogens is 464 g/mol. The zero-order valence-corrected chi connectivity index (χ0v) is 20.3. The molecule has 6 nitrogen and oxygen atoms in total. The SMILES string of the molecule is CCc1ncc(CNc2ccc(S(=O)(=O)NCCc3cn(C)c4ccccc34)c(Cl)c2)s1. The number of halogens is 1. The Bertz CT molecular complexity index is 1350. The molecule has 0 amide bonds. The minimum Gasteiger partial charge on any atom is -0.380 e. The molecule has 2 aromatic heterocycles. The smallest absolute Gasteiger partial charge is 0.242 e. The first-order chi connectivity index (χ1) is 15.4. The Morgan fingerprint density at radius 3 is 2.75 bits per heavy atom. The van der Waals surface area contributed by atoms with E-state index in [9.17, 15) is 8.42 Å². The Morgan fingerprint density at radius 2 is 2.00 bits per heavy atom. The predicted octanol–water partition coefficient (Wildman–Crippen LogP) is 4.98. The molecule has 4 rings (SSSR count). The Morgan fingerprint density at radius 1 is 1.19 bits per heavy atom. The van der Waals surface area contributed by atoms with Gasteiger partial charge in [-0.05, 0) is 42.7 Å². The highest BCUT2D eigenvalue weighted by atomic mass is 35.5. The molecule has 0 saturated heterocycles. The number of aryl methyl sites for hydroxylation is 2. The number of fused-ring (bicyclic) bond motifs is 1. The van der Waals surface area contributed by atoms with Gasteiger partial charge in [0, 0.05) is 47.5 Å². The van der Waals surface area contributed by atoms with Crippen LogP contribution in [-0.2, 0) is 36.5 Å². The maximum absolute atomic E-state index is 12.8. The molecule has 0 bridgehead atoms. The van der Waals surface area contributed by atoms with Crippen LogP contribution >= 0.6 is 22.9 Å². The van der Waals surface area contributed by atoms with E-state index in [1.165, 1.54) is 6.07 Å². The van der Waals surface area contributed by atoms with Gasteiger partial charge in [0.2, 0.25) is 10.0 Å². The molecule has 0 saturated carbocycles. The fourth-order valence-electron chi connectivity index (χ4n) is 3.63. The summed E-state index contributed by atoms with van der Waals surface area (Å²) >= 11 is 7.99. The second kappa shape index (κ2) is 9.62. The van der Waals surface area contributed by atoms with Crippen molar-refractivity contribution in [1.29, 1.82) is 0 Å². The molecule has 0 unspecified atom stereocenters. The lowest BCUT2D eigenvalue weighted by molar-refractivity contribution is 0.582. The summed E-state index contributed by atoms with van der Waals surface area (Å²) < 4.78 is 30.4. The van der Waals surface area contributed by atoms with Gasteiger partial charge in [0.1, 0.15) is 4.90 Å². The molecule has 4 aromatic rings. The average Bonchev–Trinajstić information content (AvgIpc) is 3.37. The van der Waals surface area contributed by atoms with E-state index in [1.807, 2.05) is 31.6 Å². The fraction of sp³-hybridized carbons (Fsp3) is 0.261. The molecule has 2 N–H and O–H groups in total. The van der Waals surface area contributed by atoms with E-state index in [2.05, 4.69) is 38.6 Å². The number of nitrogens with zero attached hydrogens (tertiary/aromatic N) is 2. The third kappa shape index (κ3) is 4.99. The van der Waals surface area contributed by atoms with Crippen LogP contribution in [0.2, 0.25) is 5.02 Å². The molecule has 0 aliphatic carbocycles. The molecule has 0 aliphatic rings. The summed E-state index contributed by atoms with van der Waals surface area (Å²) in [4.78, 5) is 5.54. The van der Waals surface area contributed by atoms with E-state index < -0.39 is 10.0 Å². The summed E-state index contributed by atoms with van der Waals surface area (Å²) in [5, 5.41) is 5.68. The zero-order chi connectivity index (χ0) is 22.7. The molecule has 2 heterocycles. The van der Waals surface area contributed by atoms with Crippen molar-refractivity contribution >= 4 is 49.6 Å². The van der Waals surface area contributed by atoms with Gasteiger partial charge in [0.15, 0.2) is 0 Å². The van der Waals surface area contributed by atoms with Crippen molar-refractivity contribution < 1.29 is 8.42 Å². The minimum atomic E-state index is -3.72. The first kappa shape index (κ1) is 22.8. The number of benzene rings is 2. The summed E-state index contributed by atoms with van der Waals surface area (Å²) in [7, 11) is -1.73. The topological polar surface area (TPSA) is 76.0 Å². The lowest BCUT2D eigenvalue weighted by Gasteiger charge is -2.11. The third-order valence-corrected chi connectivity index (χ3v) is 8.34. The van der Waals surface area contributed by atoms with Crippen LogP contribution in [-0.4, -0.2) is 24.5 Å². The van der Waals surface area contributed by atoms with Crippen LogP contribution in [0.3, 0.4) is 0 Å². The number of anilines is 1. The van der Waals surface area contributed by atoms with Crippen LogP contribution < -0.4 is 10.0 Å². The van der Waals surface area contributed by atoms with Gasteiger partial charge in [0.25, 0.3) is 0 Å². The van der Waals surface area contributed by atoms with Gasteiger partial charge < -0.3 is 9.88 Å². The number of para-hydroxylation sites is 1. The predicted molar refractivity (Wildman–Crippen MR) is 132 cm³/mol. The first-order valence-electron chi connectivity index (χ1n) is 10.4. The number of sulfonamides is 1. The Hall–Kier alpha value is -2.39. The van der Waals surface area contributed by atoms with Gasteiger partial charge in [-0.3, -0.25) is 0 Å². The fourth-order valence-corrected chi connectivity index (χ4v) is 6.01. The van der Waals surface area contributed by atoms with Gasteiger partial charge in [0.05, 0.1) is 16.6 Å². The average molecular weight is 489 g/mol. The Balaban J connectivity index is 1.39. The van der Waals surface area contributed by atoms with Gasteiger partial charge in [-0.25, -0.2) is 18.1 Å². The molecule has 9 heteroatoms. The van der Waals surface area contributed by atoms with Crippen molar-refractivity contribution in [1.82, 2.24) is 14.3 Å². The number of hydrogen-bond acceptors (Lipinski definition) is 5. The van der Waals surface area contributed by atoms with E-state index in [0.29, 0.717) is 13.0 Å². The van der Waals surface area contributed by atoms with Crippen molar-refractivity contribution in [3.05, 3.63) is 75.3 Å². The maximum Gasteiger partial charge on any atom is 0.242 e. The molecular formula is C23H25ClN4O2S2. The summed E-state index contributed by atoms with van der Waals surface area (Å²) in [5.41, 5.74) is 2.99. The molecule has 0 spiro atoms. The second-order valence-electron chi connectivity index (χ2n) is 7.50. The number of thiazole rings is 1. The van der Waals surface area contributed by atoms with Gasteiger partial charge in [-0.15, -0.1) is 11.3 Å². The van der Waals surface area contributed by atoms with Crippen LogP contribution in [0.15, 0.2) is 59.8 Å². The highest BCUT2D eigenvalue weighted by Crippen LogP contribution is 2.26. The standard InChI is InChI=1S/C23H25ClN4O2S2/c1-3-23-26-14-18(31-23)13-25-17-8-9-22(20(24)12-17)32(29,30)27-11-10-16-15-28(2)21-7-5-4-6-19(16)21/h4-9,12,14-15,25,27H,3,10-11,13H2,1-2H3. The Labute approximate surface area is 197 Å². The van der Waals surface area contributed by atoms with Crippen LogP contribution in [0.5, 0.6) is 0 Å². The van der Waals surface area contributed by atoms with Crippen molar-refractivity contribution in [3.8, 4) is 0 Å². The summed E-state index contributed by atoms with van der Waals surface area (Å²) in [6.45, 7) is 2.98. The quantitative estimate of drug-likeness (QED) is 0.348. The first-order valence-corrected chi connectivity index (χ1v) is 13.0. The van der Waals surface area contributed by atoms with E-state index in [4.69, 9.17) is 11.6 Å². The molecule has 0 radical (unpaired) electrons. The van der Waals surface area contributed by atoms with Crippen molar-refractivity contribution in [2.75, 3.05) is 11.9 Å². The highest BCUT2D eigenvalue weighted by Gasteiger charge is 2.18. The van der Waals surface area contributed by atoms with E-state index in [-0.39, 0.29) is 16.5 Å². The Kier molecular flexibility index (Phi) is 6.85. The lowest BCUT2D eigenvalue weighted by Crippen LogP contribution is -2.26.